The molecule has 0 aromatic carbocycles. The number of carboxylic acid groups (broad SMARTS) is 6. The molecular weight excluding hydrogens is 496 g/mol. The Labute approximate surface area is 205 Å². The van der Waals surface area contributed by atoms with Crippen molar-refractivity contribution in [3.63, 3.8) is 0 Å². The van der Waals surface area contributed by atoms with Crippen LogP contribution in [0, 0.1) is 5.92 Å². The van der Waals surface area contributed by atoms with Gasteiger partial charge in [-0.15, -0.1) is 0 Å². The number of aliphatic carboxylic acids is 6. The molecule has 0 aromatic heterocycles. The zero-order valence-electron chi connectivity index (χ0n) is 19.7. The van der Waals surface area contributed by atoms with E-state index >= 15 is 0 Å². The molecular formula is C20H34O16. The van der Waals surface area contributed by atoms with Gasteiger partial charge in [0, 0.05) is 6.61 Å². The van der Waals surface area contributed by atoms with Crippen LogP contribution in [0.2, 0.25) is 0 Å². The third kappa shape index (κ3) is 18.0. The molecule has 36 heavy (non-hydrogen) atoms. The Morgan fingerprint density at radius 1 is 0.611 bits per heavy atom. The highest BCUT2D eigenvalue weighted by Gasteiger charge is 2.41. The van der Waals surface area contributed by atoms with Gasteiger partial charge in [-0.25, -0.2) is 9.59 Å². The van der Waals surface area contributed by atoms with Crippen LogP contribution in [0.3, 0.4) is 0 Å². The van der Waals surface area contributed by atoms with E-state index < -0.39 is 72.7 Å². The van der Waals surface area contributed by atoms with Crippen LogP contribution in [-0.4, -0.2) is 111 Å². The summed E-state index contributed by atoms with van der Waals surface area (Å²) in [6, 6.07) is 0. The lowest BCUT2D eigenvalue weighted by Gasteiger charge is -2.18. The largest absolute Gasteiger partial charge is 0.481 e. The maximum absolute atomic E-state index is 10.3. The highest BCUT2D eigenvalue weighted by atomic mass is 16.4. The molecule has 0 amide bonds. The van der Waals surface area contributed by atoms with Crippen molar-refractivity contribution in [2.24, 2.45) is 5.92 Å². The number of aliphatic hydroxyl groups excluding tert-OH is 2. The number of aliphatic hydroxyl groups is 4. The third-order valence-electron chi connectivity index (χ3n) is 4.48. The fraction of sp³-hybridized carbons (Fsp3) is 0.700. The first-order valence-corrected chi connectivity index (χ1v) is 10.4. The van der Waals surface area contributed by atoms with E-state index in [1.807, 2.05) is 13.8 Å². The van der Waals surface area contributed by atoms with Crippen molar-refractivity contribution >= 4 is 35.8 Å². The summed E-state index contributed by atoms with van der Waals surface area (Å²) in [5.41, 5.74) is -5.48. The van der Waals surface area contributed by atoms with E-state index in [4.69, 9.17) is 46.0 Å². The minimum absolute atomic E-state index is 0.202. The summed E-state index contributed by atoms with van der Waals surface area (Å²) >= 11 is 0. The molecule has 0 radical (unpaired) electrons. The van der Waals surface area contributed by atoms with Crippen LogP contribution in [0.15, 0.2) is 0 Å². The molecule has 16 nitrogen and oxygen atoms in total. The van der Waals surface area contributed by atoms with Gasteiger partial charge in [-0.05, 0) is 18.8 Å². The summed E-state index contributed by atoms with van der Waals surface area (Å²) in [6.45, 7) is 4.19. The molecule has 0 bridgehead atoms. The molecule has 16 heteroatoms. The van der Waals surface area contributed by atoms with E-state index in [9.17, 15) is 33.9 Å². The van der Waals surface area contributed by atoms with Gasteiger partial charge in [0.05, 0.1) is 31.8 Å². The van der Waals surface area contributed by atoms with E-state index in [1.54, 1.807) is 0 Å². The average molecular weight is 530 g/mol. The lowest BCUT2D eigenvalue weighted by atomic mass is 9.96. The molecule has 0 aromatic rings. The zero-order chi connectivity index (χ0) is 29.3. The normalized spacial score (nSPS) is 12.5. The molecule has 0 rings (SSSR count). The number of carbonyl (C=O) groups is 6. The van der Waals surface area contributed by atoms with Crippen molar-refractivity contribution in [3.05, 3.63) is 0 Å². The molecule has 10 N–H and O–H groups in total. The Hall–Kier alpha value is -3.34. The SMILES string of the molecule is CCC(O)CC(CC)CO.O=C(O)CC(O)(CC(=O)O)C(=O)O.O=C(O)CC(O)(CC(=O)O)C(=O)O. The van der Waals surface area contributed by atoms with Crippen LogP contribution >= 0.6 is 0 Å². The van der Waals surface area contributed by atoms with Gasteiger partial charge in [0.1, 0.15) is 0 Å². The molecule has 2 atom stereocenters. The quantitative estimate of drug-likeness (QED) is 0.117. The van der Waals surface area contributed by atoms with Gasteiger partial charge in [0.25, 0.3) is 0 Å². The van der Waals surface area contributed by atoms with Crippen LogP contribution in [0.5, 0.6) is 0 Å². The van der Waals surface area contributed by atoms with E-state index in [-0.39, 0.29) is 18.6 Å². The van der Waals surface area contributed by atoms with Crippen molar-refractivity contribution in [2.75, 3.05) is 6.61 Å². The Morgan fingerprint density at radius 3 is 1.03 bits per heavy atom. The van der Waals surface area contributed by atoms with Gasteiger partial charge < -0.3 is 51.1 Å². The second-order valence-electron chi connectivity index (χ2n) is 7.71. The summed E-state index contributed by atoms with van der Waals surface area (Å²) in [6.07, 6.45) is -2.32. The zero-order valence-corrected chi connectivity index (χ0v) is 19.7. The van der Waals surface area contributed by atoms with Gasteiger partial charge in [0.2, 0.25) is 0 Å². The maximum Gasteiger partial charge on any atom is 0.336 e. The van der Waals surface area contributed by atoms with Crippen molar-refractivity contribution < 1.29 is 79.8 Å². The molecule has 2 unspecified atom stereocenters. The van der Waals surface area contributed by atoms with Crippen molar-refractivity contribution in [2.45, 2.75) is 76.1 Å². The highest BCUT2D eigenvalue weighted by Crippen LogP contribution is 2.16. The minimum atomic E-state index is -2.74. The van der Waals surface area contributed by atoms with Gasteiger partial charge in [-0.2, -0.15) is 0 Å². The predicted octanol–water partition coefficient (Wildman–Crippen LogP) is -1.33. The van der Waals surface area contributed by atoms with Crippen LogP contribution in [0.25, 0.3) is 0 Å². The fourth-order valence-corrected chi connectivity index (χ4v) is 2.35. The summed E-state index contributed by atoms with van der Waals surface area (Å²) in [4.78, 5) is 61.0. The van der Waals surface area contributed by atoms with Crippen molar-refractivity contribution in [3.8, 4) is 0 Å². The molecule has 0 saturated carbocycles. The van der Waals surface area contributed by atoms with Crippen LogP contribution < -0.4 is 0 Å². The topological polar surface area (TPSA) is 305 Å². The second kappa shape index (κ2) is 18.0. The molecule has 0 aliphatic rings. The molecule has 0 fully saturated rings. The first-order chi connectivity index (χ1) is 16.3. The molecule has 0 heterocycles. The van der Waals surface area contributed by atoms with Crippen molar-refractivity contribution in [1.29, 1.82) is 0 Å². The lowest BCUT2D eigenvalue weighted by Crippen LogP contribution is -2.42. The summed E-state index contributed by atoms with van der Waals surface area (Å²) < 4.78 is 0. The Morgan fingerprint density at radius 2 is 0.889 bits per heavy atom. The van der Waals surface area contributed by atoms with E-state index in [1.165, 1.54) is 0 Å². The van der Waals surface area contributed by atoms with Gasteiger partial charge in [0.15, 0.2) is 11.2 Å². The van der Waals surface area contributed by atoms with Gasteiger partial charge in [-0.3, -0.25) is 19.2 Å². The standard InChI is InChI=1S/C8H18O2.2C6H8O7/c1-3-7(6-9)5-8(10)4-2;2*7-3(8)1-6(13,5(11)12)2-4(9)10/h7-10H,3-6H2,1-2H3;2*13H,1-2H2,(H,7,8)(H,9,10)(H,11,12). The van der Waals surface area contributed by atoms with Gasteiger partial charge >= 0.3 is 35.8 Å². The Balaban J connectivity index is -0.000000459. The molecule has 0 aliphatic carbocycles. The maximum atomic E-state index is 10.3. The first kappa shape index (κ1) is 37.2. The second-order valence-corrected chi connectivity index (χ2v) is 7.71. The summed E-state index contributed by atoms with van der Waals surface area (Å²) in [5.74, 6) is -9.75. The fourth-order valence-electron chi connectivity index (χ4n) is 2.35. The first-order valence-electron chi connectivity index (χ1n) is 10.4. The Bertz CT molecular complexity index is 658. The van der Waals surface area contributed by atoms with Gasteiger partial charge in [-0.1, -0.05) is 20.3 Å². The summed E-state index contributed by atoms with van der Waals surface area (Å²) in [5, 5.41) is 85.6. The molecule has 0 saturated heterocycles. The van der Waals surface area contributed by atoms with Crippen LogP contribution in [-0.2, 0) is 28.8 Å². The highest BCUT2D eigenvalue weighted by molar-refractivity contribution is 5.88. The van der Waals surface area contributed by atoms with E-state index in [2.05, 4.69) is 0 Å². The monoisotopic (exact) mass is 530 g/mol. The number of carboxylic acids is 6. The number of rotatable bonds is 15. The molecule has 210 valence electrons. The number of hydrogen-bond acceptors (Lipinski definition) is 10. The third-order valence-corrected chi connectivity index (χ3v) is 4.48. The summed E-state index contributed by atoms with van der Waals surface area (Å²) in [7, 11) is 0. The molecule has 0 aliphatic heterocycles. The average Bonchev–Trinajstić information content (AvgIpc) is 2.70. The van der Waals surface area contributed by atoms with Crippen molar-refractivity contribution in [1.82, 2.24) is 0 Å². The van der Waals surface area contributed by atoms with Crippen LogP contribution in [0.1, 0.15) is 58.8 Å². The van der Waals surface area contributed by atoms with E-state index in [0.29, 0.717) is 0 Å². The Kier molecular flexibility index (Phi) is 18.6. The molecule has 0 spiro atoms. The minimum Gasteiger partial charge on any atom is -0.481 e. The van der Waals surface area contributed by atoms with Crippen LogP contribution in [0.4, 0.5) is 0 Å². The van der Waals surface area contributed by atoms with E-state index in [0.717, 1.165) is 19.3 Å². The smallest absolute Gasteiger partial charge is 0.336 e. The number of hydrogen-bond donors (Lipinski definition) is 10. The lowest BCUT2D eigenvalue weighted by molar-refractivity contribution is -0.170. The predicted molar refractivity (Wildman–Crippen MR) is 116 cm³/mol.